The van der Waals surface area contributed by atoms with Gasteiger partial charge in [-0.05, 0) is 25.5 Å². The van der Waals surface area contributed by atoms with Crippen molar-refractivity contribution in [2.45, 2.75) is 19.9 Å². The van der Waals surface area contributed by atoms with Crippen LogP contribution in [0.2, 0.25) is 0 Å². The first-order valence-corrected chi connectivity index (χ1v) is 6.33. The minimum absolute atomic E-state index is 0.802. The van der Waals surface area contributed by atoms with Crippen molar-refractivity contribution in [2.75, 3.05) is 23.3 Å². The molecule has 0 radical (unpaired) electrons. The molecule has 2 aromatic rings. The highest BCUT2D eigenvalue weighted by Gasteiger charge is 2.15. The average Bonchev–Trinajstić information content (AvgIpc) is 2.68. The molecule has 0 bridgehead atoms. The Morgan fingerprint density at radius 2 is 2.28 bits per heavy atom. The van der Waals surface area contributed by atoms with Crippen molar-refractivity contribution in [1.82, 2.24) is 5.16 Å². The average molecular weight is 243 g/mol. The van der Waals surface area contributed by atoms with Crippen LogP contribution in [0.15, 0.2) is 34.9 Å². The van der Waals surface area contributed by atoms with E-state index in [1.54, 1.807) is 0 Å². The first kappa shape index (κ1) is 11.1. The highest BCUT2D eigenvalue weighted by Crippen LogP contribution is 2.29. The van der Waals surface area contributed by atoms with Crippen molar-refractivity contribution >= 4 is 11.4 Å². The van der Waals surface area contributed by atoms with E-state index in [-0.39, 0.29) is 0 Å². The summed E-state index contributed by atoms with van der Waals surface area (Å²) in [6.45, 7) is 4.78. The Balaban J connectivity index is 1.87. The Kier molecular flexibility index (Phi) is 2.92. The molecule has 0 aliphatic carbocycles. The summed E-state index contributed by atoms with van der Waals surface area (Å²) in [7, 11) is 0. The molecule has 4 nitrogen and oxygen atoms in total. The van der Waals surface area contributed by atoms with Crippen molar-refractivity contribution in [3.63, 3.8) is 0 Å². The Morgan fingerprint density at radius 3 is 3.11 bits per heavy atom. The number of fused-ring (bicyclic) bond motifs is 1. The van der Waals surface area contributed by atoms with Crippen LogP contribution in [0.1, 0.15) is 17.9 Å². The molecule has 94 valence electrons. The second-order valence-corrected chi connectivity index (χ2v) is 4.65. The normalized spacial score (nSPS) is 14.8. The summed E-state index contributed by atoms with van der Waals surface area (Å²) in [6, 6.07) is 10.4. The molecular weight excluding hydrogens is 226 g/mol. The predicted molar refractivity (Wildman–Crippen MR) is 71.8 cm³/mol. The van der Waals surface area contributed by atoms with Crippen LogP contribution >= 0.6 is 0 Å². The summed E-state index contributed by atoms with van der Waals surface area (Å²) in [5.41, 5.74) is 3.44. The van der Waals surface area contributed by atoms with E-state index in [0.717, 1.165) is 37.5 Å². The van der Waals surface area contributed by atoms with Crippen LogP contribution in [0.3, 0.4) is 0 Å². The van der Waals surface area contributed by atoms with Crippen LogP contribution < -0.4 is 10.2 Å². The van der Waals surface area contributed by atoms with Gasteiger partial charge in [-0.15, -0.1) is 0 Å². The number of hydrogen-bond donors (Lipinski definition) is 1. The lowest BCUT2D eigenvalue weighted by molar-refractivity contribution is 0.390. The predicted octanol–water partition coefficient (Wildman–Crippen LogP) is 2.81. The molecule has 1 aromatic carbocycles. The van der Waals surface area contributed by atoms with E-state index in [1.807, 2.05) is 13.0 Å². The second kappa shape index (κ2) is 4.72. The molecule has 0 saturated heterocycles. The van der Waals surface area contributed by atoms with Crippen molar-refractivity contribution in [3.05, 3.63) is 41.8 Å². The lowest BCUT2D eigenvalue weighted by Crippen LogP contribution is -2.23. The minimum Gasteiger partial charge on any atom is -0.383 e. The zero-order valence-electron chi connectivity index (χ0n) is 10.5. The van der Waals surface area contributed by atoms with E-state index < -0.39 is 0 Å². The number of rotatable bonds is 2. The largest absolute Gasteiger partial charge is 0.383 e. The van der Waals surface area contributed by atoms with Gasteiger partial charge in [-0.3, -0.25) is 0 Å². The minimum atomic E-state index is 0.802. The van der Waals surface area contributed by atoms with Gasteiger partial charge in [0.1, 0.15) is 11.5 Å². The maximum absolute atomic E-state index is 5.13. The third-order valence-electron chi connectivity index (χ3n) is 3.19. The SMILES string of the molecule is Cc1cc(CN2CCCNc3ccccc32)no1. The Bertz CT molecular complexity index is 535. The number of nitrogens with zero attached hydrogens (tertiary/aromatic N) is 2. The summed E-state index contributed by atoms with van der Waals surface area (Å²) in [5.74, 6) is 0.867. The molecule has 2 heterocycles. The van der Waals surface area contributed by atoms with Crippen LogP contribution in [0.5, 0.6) is 0 Å². The molecule has 0 unspecified atom stereocenters. The molecule has 1 aromatic heterocycles. The fourth-order valence-corrected chi connectivity index (χ4v) is 2.36. The van der Waals surface area contributed by atoms with Crippen molar-refractivity contribution in [1.29, 1.82) is 0 Å². The number of anilines is 2. The van der Waals surface area contributed by atoms with Crippen molar-refractivity contribution < 1.29 is 4.52 Å². The molecule has 0 atom stereocenters. The number of benzene rings is 1. The van der Waals surface area contributed by atoms with Gasteiger partial charge in [-0.2, -0.15) is 0 Å². The van der Waals surface area contributed by atoms with Gasteiger partial charge in [-0.25, -0.2) is 0 Å². The van der Waals surface area contributed by atoms with Crippen LogP contribution in [0.25, 0.3) is 0 Å². The monoisotopic (exact) mass is 243 g/mol. The smallest absolute Gasteiger partial charge is 0.133 e. The molecule has 0 fully saturated rings. The molecule has 0 saturated carbocycles. The van der Waals surface area contributed by atoms with E-state index in [2.05, 4.69) is 39.6 Å². The fourth-order valence-electron chi connectivity index (χ4n) is 2.36. The Morgan fingerprint density at radius 1 is 1.39 bits per heavy atom. The molecule has 1 aliphatic heterocycles. The molecule has 1 N–H and O–H groups in total. The van der Waals surface area contributed by atoms with Crippen LogP contribution in [0, 0.1) is 6.92 Å². The van der Waals surface area contributed by atoms with Gasteiger partial charge < -0.3 is 14.7 Å². The highest BCUT2D eigenvalue weighted by atomic mass is 16.5. The lowest BCUT2D eigenvalue weighted by atomic mass is 10.2. The number of nitrogens with one attached hydrogen (secondary N) is 1. The molecular formula is C14H17N3O. The van der Waals surface area contributed by atoms with Crippen LogP contribution in [-0.4, -0.2) is 18.2 Å². The van der Waals surface area contributed by atoms with E-state index in [1.165, 1.54) is 11.4 Å². The standard InChI is InChI=1S/C14H17N3O/c1-11-9-12(16-18-11)10-17-8-4-7-15-13-5-2-3-6-14(13)17/h2-3,5-6,9,15H,4,7-8,10H2,1H3. The number of aromatic nitrogens is 1. The fraction of sp³-hybridized carbons (Fsp3) is 0.357. The van der Waals surface area contributed by atoms with Gasteiger partial charge in [0.2, 0.25) is 0 Å². The molecule has 1 aliphatic rings. The molecule has 0 amide bonds. The van der Waals surface area contributed by atoms with Gasteiger partial charge in [0.05, 0.1) is 17.9 Å². The summed E-state index contributed by atoms with van der Waals surface area (Å²) in [6.07, 6.45) is 1.13. The Hall–Kier alpha value is -1.97. The molecule has 18 heavy (non-hydrogen) atoms. The van der Waals surface area contributed by atoms with Crippen molar-refractivity contribution in [3.8, 4) is 0 Å². The number of para-hydroxylation sites is 2. The Labute approximate surface area is 107 Å². The number of hydrogen-bond acceptors (Lipinski definition) is 4. The lowest BCUT2D eigenvalue weighted by Gasteiger charge is -2.23. The van der Waals surface area contributed by atoms with E-state index in [9.17, 15) is 0 Å². The summed E-state index contributed by atoms with van der Waals surface area (Å²) < 4.78 is 5.13. The topological polar surface area (TPSA) is 41.3 Å². The molecule has 0 spiro atoms. The van der Waals surface area contributed by atoms with Crippen LogP contribution in [0.4, 0.5) is 11.4 Å². The first-order chi connectivity index (χ1) is 8.83. The zero-order chi connectivity index (χ0) is 12.4. The first-order valence-electron chi connectivity index (χ1n) is 6.33. The third kappa shape index (κ3) is 2.18. The summed E-state index contributed by atoms with van der Waals surface area (Å²) >= 11 is 0. The number of aryl methyl sites for hydroxylation is 1. The maximum atomic E-state index is 5.13. The third-order valence-corrected chi connectivity index (χ3v) is 3.19. The van der Waals surface area contributed by atoms with Gasteiger partial charge in [0.15, 0.2) is 0 Å². The van der Waals surface area contributed by atoms with Gasteiger partial charge in [0, 0.05) is 19.2 Å². The maximum Gasteiger partial charge on any atom is 0.133 e. The van der Waals surface area contributed by atoms with Gasteiger partial charge >= 0.3 is 0 Å². The van der Waals surface area contributed by atoms with E-state index in [0.29, 0.717) is 0 Å². The molecule has 4 heteroatoms. The highest BCUT2D eigenvalue weighted by molar-refractivity contribution is 5.70. The van der Waals surface area contributed by atoms with Gasteiger partial charge in [0.25, 0.3) is 0 Å². The summed E-state index contributed by atoms with van der Waals surface area (Å²) in [5, 5.41) is 7.54. The van der Waals surface area contributed by atoms with Crippen molar-refractivity contribution in [2.24, 2.45) is 0 Å². The van der Waals surface area contributed by atoms with Crippen LogP contribution in [-0.2, 0) is 6.54 Å². The second-order valence-electron chi connectivity index (χ2n) is 4.65. The van der Waals surface area contributed by atoms with Gasteiger partial charge in [-0.1, -0.05) is 17.3 Å². The van der Waals surface area contributed by atoms with E-state index >= 15 is 0 Å². The summed E-state index contributed by atoms with van der Waals surface area (Å²) in [4.78, 5) is 2.35. The quantitative estimate of drug-likeness (QED) is 0.880. The van der Waals surface area contributed by atoms with E-state index in [4.69, 9.17) is 4.52 Å². The zero-order valence-corrected chi connectivity index (χ0v) is 10.5. The molecule has 3 rings (SSSR count).